The smallest absolute Gasteiger partial charge is 0.0465 e. The molecule has 1 aliphatic rings. The van der Waals surface area contributed by atoms with Crippen LogP contribution in [-0.4, -0.2) is 22.6 Å². The molecule has 2 heteroatoms. The van der Waals surface area contributed by atoms with Crippen LogP contribution >= 0.6 is 0 Å². The van der Waals surface area contributed by atoms with Crippen LogP contribution in [0, 0.1) is 0 Å². The van der Waals surface area contributed by atoms with Crippen LogP contribution in [0.25, 0.3) is 0 Å². The zero-order chi connectivity index (χ0) is 11.1. The predicted octanol–water partition coefficient (Wildman–Crippen LogP) is 2.96. The Hall–Kier alpha value is 0.177. The van der Waals surface area contributed by atoms with Gasteiger partial charge in [-0.2, -0.15) is 0 Å². The van der Waals surface area contributed by atoms with Crippen molar-refractivity contribution in [1.82, 2.24) is 0 Å². The van der Waals surface area contributed by atoms with Gasteiger partial charge in [-0.25, -0.2) is 0 Å². The third-order valence-corrected chi connectivity index (χ3v) is 2.32. The van der Waals surface area contributed by atoms with Crippen molar-refractivity contribution in [2.24, 2.45) is 0 Å². The molecule has 13 heavy (non-hydrogen) atoms. The maximum absolute atomic E-state index is 5.34. The maximum atomic E-state index is 5.34. The topological polar surface area (TPSA) is 9.23 Å². The Kier molecular flexibility index (Phi) is 33.0. The summed E-state index contributed by atoms with van der Waals surface area (Å²) in [4.78, 5) is 0. The molecule has 0 bridgehead atoms. The van der Waals surface area contributed by atoms with Gasteiger partial charge >= 0.3 is 0 Å². The summed E-state index contributed by atoms with van der Waals surface area (Å²) in [6.07, 6.45) is 4.01. The Morgan fingerprint density at radius 1 is 0.923 bits per heavy atom. The molecule has 84 valence electrons. The summed E-state index contributed by atoms with van der Waals surface area (Å²) in [6, 6.07) is 0. The number of hydrogen-bond donors (Lipinski definition) is 0. The third-order valence-electron chi connectivity index (χ3n) is 1.41. The van der Waals surface area contributed by atoms with E-state index in [1.54, 1.807) is 0 Å². The van der Waals surface area contributed by atoms with E-state index in [-0.39, 0.29) is 0 Å². The summed E-state index contributed by atoms with van der Waals surface area (Å²) in [7, 11) is 1.23. The molecular formula is C11H30OSi. The summed E-state index contributed by atoms with van der Waals surface area (Å²) in [6.45, 7) is 13.0. The van der Waals surface area contributed by atoms with Crippen LogP contribution in [0.3, 0.4) is 0 Å². The minimum absolute atomic E-state index is 0.675. The Morgan fingerprint density at radius 2 is 1.38 bits per heavy atom. The van der Waals surface area contributed by atoms with Gasteiger partial charge in [-0.1, -0.05) is 41.5 Å². The van der Waals surface area contributed by atoms with Gasteiger partial charge in [0, 0.05) is 22.6 Å². The largest absolute Gasteiger partial charge is 0.383 e. The van der Waals surface area contributed by atoms with Crippen molar-refractivity contribution < 1.29 is 4.74 Å². The first-order valence-electron chi connectivity index (χ1n) is 6.01. The quantitative estimate of drug-likeness (QED) is 0.554. The van der Waals surface area contributed by atoms with E-state index in [4.69, 9.17) is 4.74 Å². The molecule has 1 fully saturated rings. The monoisotopic (exact) mass is 206 g/mol. The SMILES string of the molecule is CC.CC.CC.[SiH3]C1CCCCO1. The molecule has 1 atom stereocenters. The third kappa shape index (κ3) is 18.9. The molecule has 1 unspecified atom stereocenters. The molecule has 0 aromatic heterocycles. The maximum Gasteiger partial charge on any atom is 0.0465 e. The predicted molar refractivity (Wildman–Crippen MR) is 67.6 cm³/mol. The highest BCUT2D eigenvalue weighted by molar-refractivity contribution is 6.10. The van der Waals surface area contributed by atoms with Crippen molar-refractivity contribution in [3.05, 3.63) is 0 Å². The first-order chi connectivity index (χ1) is 6.39. The van der Waals surface area contributed by atoms with Crippen LogP contribution in [-0.2, 0) is 4.74 Å². The van der Waals surface area contributed by atoms with Crippen molar-refractivity contribution in [3.63, 3.8) is 0 Å². The van der Waals surface area contributed by atoms with E-state index < -0.39 is 0 Å². The molecule has 0 aromatic rings. The minimum atomic E-state index is 0.675. The fourth-order valence-corrected chi connectivity index (χ4v) is 1.55. The molecule has 1 saturated heterocycles. The Bertz CT molecular complexity index is 52.1. The standard InChI is InChI=1S/C5H12OSi.3C2H6/c7-5-3-1-2-4-6-5;3*1-2/h5H,1-4H2,7H3;3*1-2H3. The van der Waals surface area contributed by atoms with Gasteiger partial charge < -0.3 is 4.74 Å². The Balaban J connectivity index is -0.000000144. The van der Waals surface area contributed by atoms with E-state index in [1.807, 2.05) is 41.5 Å². The van der Waals surface area contributed by atoms with Gasteiger partial charge in [0.2, 0.25) is 0 Å². The van der Waals surface area contributed by atoms with Crippen LogP contribution in [0.4, 0.5) is 0 Å². The highest BCUT2D eigenvalue weighted by Crippen LogP contribution is 2.08. The van der Waals surface area contributed by atoms with Crippen LogP contribution < -0.4 is 0 Å². The fraction of sp³-hybridized carbons (Fsp3) is 1.00. The van der Waals surface area contributed by atoms with Crippen molar-refractivity contribution in [1.29, 1.82) is 0 Å². The molecule has 0 amide bonds. The van der Waals surface area contributed by atoms with Gasteiger partial charge in [0.25, 0.3) is 0 Å². The van der Waals surface area contributed by atoms with E-state index >= 15 is 0 Å². The van der Waals surface area contributed by atoms with Gasteiger partial charge in [0.05, 0.1) is 0 Å². The van der Waals surface area contributed by atoms with E-state index in [0.29, 0.717) is 5.73 Å². The van der Waals surface area contributed by atoms with E-state index in [0.717, 1.165) is 6.61 Å². The van der Waals surface area contributed by atoms with Crippen molar-refractivity contribution >= 4 is 10.2 Å². The van der Waals surface area contributed by atoms with Gasteiger partial charge in [-0.3, -0.25) is 0 Å². The first kappa shape index (κ1) is 18.9. The number of hydrogen-bond acceptors (Lipinski definition) is 1. The fourth-order valence-electron chi connectivity index (χ4n) is 0.902. The van der Waals surface area contributed by atoms with Gasteiger partial charge in [0.15, 0.2) is 0 Å². The summed E-state index contributed by atoms with van der Waals surface area (Å²) in [5.74, 6) is 0. The van der Waals surface area contributed by atoms with Gasteiger partial charge in [-0.15, -0.1) is 0 Å². The van der Waals surface area contributed by atoms with Crippen molar-refractivity contribution in [2.75, 3.05) is 6.61 Å². The lowest BCUT2D eigenvalue weighted by Gasteiger charge is -2.17. The highest BCUT2D eigenvalue weighted by Gasteiger charge is 2.05. The van der Waals surface area contributed by atoms with E-state index in [1.165, 1.54) is 29.5 Å². The number of rotatable bonds is 0. The van der Waals surface area contributed by atoms with Gasteiger partial charge in [0.1, 0.15) is 0 Å². The first-order valence-corrected chi connectivity index (χ1v) is 7.16. The summed E-state index contributed by atoms with van der Waals surface area (Å²) in [5.41, 5.74) is 0.675. The highest BCUT2D eigenvalue weighted by atomic mass is 28.1. The van der Waals surface area contributed by atoms with E-state index in [9.17, 15) is 0 Å². The Labute approximate surface area is 88.7 Å². The second kappa shape index (κ2) is 22.8. The second-order valence-corrected chi connectivity index (χ2v) is 3.47. The molecule has 0 radical (unpaired) electrons. The average molecular weight is 206 g/mol. The molecule has 0 N–H and O–H groups in total. The van der Waals surface area contributed by atoms with Crippen molar-refractivity contribution in [2.45, 2.75) is 66.5 Å². The van der Waals surface area contributed by atoms with Crippen molar-refractivity contribution in [3.8, 4) is 0 Å². The summed E-state index contributed by atoms with van der Waals surface area (Å²) >= 11 is 0. The van der Waals surface area contributed by atoms with Crippen LogP contribution in [0.15, 0.2) is 0 Å². The average Bonchev–Trinajstić information content (AvgIpc) is 2.28. The molecule has 1 aliphatic heterocycles. The molecular weight excluding hydrogens is 176 g/mol. The lowest BCUT2D eigenvalue weighted by Crippen LogP contribution is -2.18. The zero-order valence-electron chi connectivity index (χ0n) is 10.8. The van der Waals surface area contributed by atoms with Crippen LogP contribution in [0.2, 0.25) is 0 Å². The molecule has 0 aliphatic carbocycles. The minimum Gasteiger partial charge on any atom is -0.383 e. The van der Waals surface area contributed by atoms with Crippen LogP contribution in [0.5, 0.6) is 0 Å². The van der Waals surface area contributed by atoms with Crippen LogP contribution in [0.1, 0.15) is 60.8 Å². The lowest BCUT2D eigenvalue weighted by atomic mass is 10.2. The molecule has 0 saturated carbocycles. The zero-order valence-corrected chi connectivity index (χ0v) is 12.8. The second-order valence-electron chi connectivity index (χ2n) is 2.18. The normalized spacial score (nSPS) is 19.4. The Morgan fingerprint density at radius 3 is 1.54 bits per heavy atom. The van der Waals surface area contributed by atoms with Gasteiger partial charge in [-0.05, 0) is 19.3 Å². The molecule has 0 aromatic carbocycles. The lowest BCUT2D eigenvalue weighted by molar-refractivity contribution is 0.0675. The van der Waals surface area contributed by atoms with E-state index in [2.05, 4.69) is 0 Å². The summed E-state index contributed by atoms with van der Waals surface area (Å²) < 4.78 is 5.34. The molecule has 0 spiro atoms. The molecule has 1 nitrogen and oxygen atoms in total. The summed E-state index contributed by atoms with van der Waals surface area (Å²) in [5, 5.41) is 0. The molecule has 1 rings (SSSR count). The number of ether oxygens (including phenoxy) is 1. The molecule has 1 heterocycles.